The number of para-hydroxylation sites is 1. The molecule has 9 unspecified atom stereocenters. The van der Waals surface area contributed by atoms with Gasteiger partial charge in [-0.05, 0) is 85.9 Å². The maximum atomic E-state index is 4.15. The van der Waals surface area contributed by atoms with Gasteiger partial charge in [-0.15, -0.1) is 0 Å². The van der Waals surface area contributed by atoms with Gasteiger partial charge in [-0.1, -0.05) is 58.0 Å². The van der Waals surface area contributed by atoms with Crippen molar-refractivity contribution >= 4 is 13.9 Å². The molecule has 9 atom stereocenters. The van der Waals surface area contributed by atoms with Crippen molar-refractivity contribution in [2.24, 2.45) is 35.5 Å². The molecule has 1 aromatic rings. The Kier molecular flexibility index (Phi) is 5.14. The molecule has 4 fully saturated rings. The summed E-state index contributed by atoms with van der Waals surface area (Å²) < 4.78 is 0. The van der Waals surface area contributed by atoms with Gasteiger partial charge in [0.05, 0.1) is 0 Å². The maximum absolute atomic E-state index is 4.15. The van der Waals surface area contributed by atoms with Gasteiger partial charge < -0.3 is 4.98 Å². The molecular formula is C26H42N2Si. The summed E-state index contributed by atoms with van der Waals surface area (Å²) in [5.41, 5.74) is 2.22. The van der Waals surface area contributed by atoms with Gasteiger partial charge in [-0.25, -0.2) is 0 Å². The maximum Gasteiger partial charge on any atom is 0.152 e. The third-order valence-corrected chi connectivity index (χ3v) is 13.2. The summed E-state index contributed by atoms with van der Waals surface area (Å²) >= 11 is 0. The number of anilines is 1. The smallest absolute Gasteiger partial charge is 0.152 e. The van der Waals surface area contributed by atoms with Crippen molar-refractivity contribution in [1.29, 1.82) is 0 Å². The van der Waals surface area contributed by atoms with Crippen LogP contribution in [0, 0.1) is 35.5 Å². The van der Waals surface area contributed by atoms with Crippen molar-refractivity contribution in [3.05, 3.63) is 30.3 Å². The van der Waals surface area contributed by atoms with E-state index < -0.39 is 8.24 Å². The Morgan fingerprint density at radius 3 is 2.28 bits per heavy atom. The number of nitrogens with one attached hydrogen (secondary N) is 1. The van der Waals surface area contributed by atoms with Crippen molar-refractivity contribution in [2.45, 2.75) is 83.1 Å². The van der Waals surface area contributed by atoms with Gasteiger partial charge in [0.1, 0.15) is 0 Å². The topological polar surface area (TPSA) is 15.3 Å². The molecule has 0 aromatic heterocycles. The van der Waals surface area contributed by atoms with Gasteiger partial charge in [-0.3, -0.25) is 4.90 Å². The van der Waals surface area contributed by atoms with Crippen LogP contribution in [-0.4, -0.2) is 32.3 Å². The van der Waals surface area contributed by atoms with E-state index in [0.717, 1.165) is 53.1 Å². The van der Waals surface area contributed by atoms with Crippen molar-refractivity contribution in [3.63, 3.8) is 0 Å². The normalized spacial score (nSPS) is 44.8. The summed E-state index contributed by atoms with van der Waals surface area (Å²) in [7, 11) is 0.857. The molecular weight excluding hydrogens is 368 g/mol. The standard InChI is InChI=1S/C26H42N2Si/c1-17-15-21-22(16-18(17)2)26(29(4,5)27-19-11-7-6-8-12-19)25-24(21)20-13-9-10-14-23(20)28(25)3/h6-8,11-12,17-18,20-27H,9-10,13-16H2,1-5H3. The molecule has 1 aromatic carbocycles. The summed E-state index contributed by atoms with van der Waals surface area (Å²) in [6, 6.07) is 12.8. The lowest BCUT2D eigenvalue weighted by Crippen LogP contribution is -2.52. The molecule has 160 valence electrons. The van der Waals surface area contributed by atoms with E-state index in [4.69, 9.17) is 0 Å². The second-order valence-corrected chi connectivity index (χ2v) is 16.1. The zero-order chi connectivity index (χ0) is 20.3. The van der Waals surface area contributed by atoms with Gasteiger partial charge in [-0.2, -0.15) is 0 Å². The highest BCUT2D eigenvalue weighted by molar-refractivity contribution is 6.82. The van der Waals surface area contributed by atoms with Crippen LogP contribution in [0.15, 0.2) is 30.3 Å². The van der Waals surface area contributed by atoms with Crippen molar-refractivity contribution < 1.29 is 0 Å². The number of rotatable bonds is 3. The van der Waals surface area contributed by atoms with Gasteiger partial charge in [0.25, 0.3) is 0 Å². The molecule has 5 rings (SSSR count). The minimum absolute atomic E-state index is 0.827. The Hall–Kier alpha value is -0.803. The Labute approximate surface area is 179 Å². The quantitative estimate of drug-likeness (QED) is 0.574. The highest BCUT2D eigenvalue weighted by Crippen LogP contribution is 2.65. The fourth-order valence-electron chi connectivity index (χ4n) is 8.62. The van der Waals surface area contributed by atoms with E-state index in [1.807, 2.05) is 0 Å². The van der Waals surface area contributed by atoms with E-state index in [1.165, 1.54) is 44.2 Å². The van der Waals surface area contributed by atoms with Crippen LogP contribution in [0.25, 0.3) is 0 Å². The van der Waals surface area contributed by atoms with Crippen LogP contribution >= 0.6 is 0 Å². The zero-order valence-electron chi connectivity index (χ0n) is 19.3. The number of fused-ring (bicyclic) bond motifs is 5. The fourth-order valence-corrected chi connectivity index (χ4v) is 12.5. The first-order chi connectivity index (χ1) is 13.9. The highest BCUT2D eigenvalue weighted by Gasteiger charge is 2.65. The third kappa shape index (κ3) is 3.22. The summed E-state index contributed by atoms with van der Waals surface area (Å²) in [6.45, 7) is 10.4. The average molecular weight is 411 g/mol. The number of likely N-dealkylation sites (tertiary alicyclic amines) is 1. The molecule has 1 N–H and O–H groups in total. The Balaban J connectivity index is 1.52. The van der Waals surface area contributed by atoms with Crippen molar-refractivity contribution in [2.75, 3.05) is 12.0 Å². The Bertz CT molecular complexity index is 719. The van der Waals surface area contributed by atoms with E-state index in [2.05, 4.69) is 74.2 Å². The van der Waals surface area contributed by atoms with Gasteiger partial charge in [0.15, 0.2) is 8.24 Å². The summed E-state index contributed by atoms with van der Waals surface area (Å²) in [4.78, 5) is 7.07. The summed E-state index contributed by atoms with van der Waals surface area (Å²) in [5.74, 6) is 5.69. The van der Waals surface area contributed by atoms with E-state index in [9.17, 15) is 0 Å². The lowest BCUT2D eigenvalue weighted by atomic mass is 9.65. The van der Waals surface area contributed by atoms with Gasteiger partial charge in [0.2, 0.25) is 0 Å². The number of benzene rings is 1. The molecule has 0 bridgehead atoms. The first-order valence-electron chi connectivity index (χ1n) is 12.4. The predicted octanol–water partition coefficient (Wildman–Crippen LogP) is 6.47. The minimum atomic E-state index is -1.65. The molecule has 3 heteroatoms. The second kappa shape index (κ2) is 7.41. The van der Waals surface area contributed by atoms with E-state index in [-0.39, 0.29) is 0 Å². The van der Waals surface area contributed by atoms with Crippen LogP contribution in [0.1, 0.15) is 52.4 Å². The first-order valence-corrected chi connectivity index (χ1v) is 15.5. The van der Waals surface area contributed by atoms with Crippen molar-refractivity contribution in [3.8, 4) is 0 Å². The molecule has 1 heterocycles. The van der Waals surface area contributed by atoms with Crippen LogP contribution in [0.3, 0.4) is 0 Å². The van der Waals surface area contributed by atoms with Gasteiger partial charge >= 0.3 is 0 Å². The Morgan fingerprint density at radius 1 is 0.897 bits per heavy atom. The predicted molar refractivity (Wildman–Crippen MR) is 127 cm³/mol. The Morgan fingerprint density at radius 2 is 1.55 bits per heavy atom. The summed E-state index contributed by atoms with van der Waals surface area (Å²) in [6.07, 6.45) is 8.87. The lowest BCUT2D eigenvalue weighted by Gasteiger charge is -2.46. The van der Waals surface area contributed by atoms with Crippen LogP contribution in [0.5, 0.6) is 0 Å². The molecule has 0 amide bonds. The fraction of sp³-hybridized carbons (Fsp3) is 0.769. The van der Waals surface area contributed by atoms with Crippen LogP contribution in [0.2, 0.25) is 18.6 Å². The second-order valence-electron chi connectivity index (χ2n) is 11.7. The molecule has 1 aliphatic heterocycles. The van der Waals surface area contributed by atoms with Crippen LogP contribution in [-0.2, 0) is 0 Å². The summed E-state index contributed by atoms with van der Waals surface area (Å²) in [5, 5.41) is 0. The molecule has 29 heavy (non-hydrogen) atoms. The zero-order valence-corrected chi connectivity index (χ0v) is 20.3. The number of nitrogens with zero attached hydrogens (tertiary/aromatic N) is 1. The molecule has 3 saturated carbocycles. The average Bonchev–Trinajstić information content (AvgIpc) is 3.17. The minimum Gasteiger partial charge on any atom is -0.410 e. The van der Waals surface area contributed by atoms with Crippen LogP contribution < -0.4 is 4.98 Å². The monoisotopic (exact) mass is 410 g/mol. The molecule has 0 spiro atoms. The van der Waals surface area contributed by atoms with Crippen molar-refractivity contribution in [1.82, 2.24) is 4.90 Å². The number of hydrogen-bond donors (Lipinski definition) is 1. The van der Waals surface area contributed by atoms with Crippen LogP contribution in [0.4, 0.5) is 5.69 Å². The molecule has 4 aliphatic rings. The van der Waals surface area contributed by atoms with E-state index in [1.54, 1.807) is 0 Å². The molecule has 1 saturated heterocycles. The largest absolute Gasteiger partial charge is 0.410 e. The van der Waals surface area contributed by atoms with Gasteiger partial charge in [0, 0.05) is 17.8 Å². The first kappa shape index (κ1) is 20.1. The lowest BCUT2D eigenvalue weighted by molar-refractivity contribution is 0.0918. The SMILES string of the molecule is CC1CC2C(CC1C)C([Si](C)(C)Nc1ccccc1)C1C2C2CCCCC2N1C. The highest BCUT2D eigenvalue weighted by atomic mass is 28.3. The third-order valence-electron chi connectivity index (χ3n) is 9.87. The number of hydrogen-bond acceptors (Lipinski definition) is 2. The van der Waals surface area contributed by atoms with E-state index in [0.29, 0.717) is 0 Å². The van der Waals surface area contributed by atoms with E-state index >= 15 is 0 Å². The molecule has 0 radical (unpaired) electrons. The molecule has 2 nitrogen and oxygen atoms in total. The molecule has 3 aliphatic carbocycles.